The third-order valence-corrected chi connectivity index (χ3v) is 5.19. The van der Waals surface area contributed by atoms with Gasteiger partial charge in [0.05, 0.1) is 6.61 Å². The summed E-state index contributed by atoms with van der Waals surface area (Å²) in [4.78, 5) is 14.3. The van der Waals surface area contributed by atoms with Gasteiger partial charge in [0.2, 0.25) is 0 Å². The number of carbonyl (C=O) groups is 1. The number of furan rings is 1. The smallest absolute Gasteiger partial charge is 0.289 e. The van der Waals surface area contributed by atoms with Crippen LogP contribution in [0.4, 0.5) is 0 Å². The minimum Gasteiger partial charge on any atom is -0.494 e. The van der Waals surface area contributed by atoms with Crippen molar-refractivity contribution in [3.63, 3.8) is 0 Å². The zero-order valence-electron chi connectivity index (χ0n) is 14.5. The van der Waals surface area contributed by atoms with E-state index >= 15 is 0 Å². The van der Waals surface area contributed by atoms with Crippen LogP contribution < -0.4 is 4.74 Å². The zero-order valence-corrected chi connectivity index (χ0v) is 16.1. The van der Waals surface area contributed by atoms with Crippen LogP contribution in [-0.4, -0.2) is 30.5 Å². The predicted molar refractivity (Wildman–Crippen MR) is 101 cm³/mol. The number of hydrogen-bond acceptors (Lipinski definition) is 3. The lowest BCUT2D eigenvalue weighted by Crippen LogP contribution is -2.38. The van der Waals surface area contributed by atoms with Gasteiger partial charge in [0.15, 0.2) is 10.4 Å². The molecule has 1 amide bonds. The van der Waals surface area contributed by atoms with E-state index in [1.165, 1.54) is 12.0 Å². The molecule has 3 rings (SSSR count). The van der Waals surface area contributed by atoms with Crippen molar-refractivity contribution in [2.45, 2.75) is 32.6 Å². The first-order valence-electron chi connectivity index (χ1n) is 8.92. The van der Waals surface area contributed by atoms with E-state index in [1.54, 1.807) is 12.1 Å². The SMILES string of the molecule is CCOc1ccc(CCC2CCN(C(=O)c3ccc(Br)o3)CC2)cc1. The molecular formula is C20H24BrNO3. The van der Waals surface area contributed by atoms with Gasteiger partial charge in [0.25, 0.3) is 5.91 Å². The molecule has 0 radical (unpaired) electrons. The van der Waals surface area contributed by atoms with Gasteiger partial charge in [0.1, 0.15) is 5.75 Å². The number of benzene rings is 1. The molecule has 2 aromatic rings. The topological polar surface area (TPSA) is 42.7 Å². The minimum absolute atomic E-state index is 0.00402. The Bertz CT molecular complexity index is 687. The van der Waals surface area contributed by atoms with E-state index in [9.17, 15) is 4.79 Å². The second-order valence-electron chi connectivity index (χ2n) is 6.45. The molecule has 1 saturated heterocycles. The van der Waals surface area contributed by atoms with Crippen LogP contribution in [0, 0.1) is 5.92 Å². The maximum Gasteiger partial charge on any atom is 0.289 e. The van der Waals surface area contributed by atoms with Crippen LogP contribution >= 0.6 is 15.9 Å². The van der Waals surface area contributed by atoms with Gasteiger partial charge in [-0.25, -0.2) is 0 Å². The highest BCUT2D eigenvalue weighted by atomic mass is 79.9. The summed E-state index contributed by atoms with van der Waals surface area (Å²) in [5.41, 5.74) is 1.35. The van der Waals surface area contributed by atoms with Crippen molar-refractivity contribution in [2.24, 2.45) is 5.92 Å². The highest BCUT2D eigenvalue weighted by Crippen LogP contribution is 2.25. The van der Waals surface area contributed by atoms with Crippen LogP contribution in [-0.2, 0) is 6.42 Å². The number of amides is 1. The highest BCUT2D eigenvalue weighted by Gasteiger charge is 2.25. The molecule has 2 heterocycles. The number of nitrogens with zero attached hydrogens (tertiary/aromatic N) is 1. The molecule has 1 aliphatic rings. The Morgan fingerprint density at radius 3 is 2.52 bits per heavy atom. The van der Waals surface area contributed by atoms with Gasteiger partial charge in [-0.2, -0.15) is 0 Å². The fourth-order valence-electron chi connectivity index (χ4n) is 3.30. The Morgan fingerprint density at radius 2 is 1.92 bits per heavy atom. The first-order valence-corrected chi connectivity index (χ1v) is 9.71. The number of halogens is 1. The molecule has 0 unspecified atom stereocenters. The number of aryl methyl sites for hydroxylation is 1. The van der Waals surface area contributed by atoms with E-state index in [1.807, 2.05) is 24.0 Å². The Labute approximate surface area is 157 Å². The summed E-state index contributed by atoms with van der Waals surface area (Å²) in [5.74, 6) is 2.02. The Kier molecular flexibility index (Phi) is 6.19. The molecule has 25 heavy (non-hydrogen) atoms. The van der Waals surface area contributed by atoms with Crippen LogP contribution in [0.1, 0.15) is 42.3 Å². The monoisotopic (exact) mass is 405 g/mol. The molecule has 4 nitrogen and oxygen atoms in total. The van der Waals surface area contributed by atoms with Crippen molar-refractivity contribution >= 4 is 21.8 Å². The lowest BCUT2D eigenvalue weighted by molar-refractivity contribution is 0.0653. The van der Waals surface area contributed by atoms with Crippen LogP contribution in [0.2, 0.25) is 0 Å². The number of rotatable bonds is 6. The first-order chi connectivity index (χ1) is 12.2. The van der Waals surface area contributed by atoms with E-state index in [0.717, 1.165) is 38.1 Å². The Hall–Kier alpha value is -1.75. The minimum atomic E-state index is -0.00402. The molecule has 0 saturated carbocycles. The van der Waals surface area contributed by atoms with Crippen molar-refractivity contribution in [3.05, 3.63) is 52.4 Å². The standard InChI is InChI=1S/C20H24BrNO3/c1-2-24-17-7-5-15(6-8-17)3-4-16-11-13-22(14-12-16)20(23)18-9-10-19(21)25-18/h5-10,16H,2-4,11-14H2,1H3. The molecule has 0 aliphatic carbocycles. The van der Waals surface area contributed by atoms with Gasteiger partial charge in [0, 0.05) is 13.1 Å². The summed E-state index contributed by atoms with van der Waals surface area (Å²) in [5, 5.41) is 0. The van der Waals surface area contributed by atoms with Crippen LogP contribution in [0.25, 0.3) is 0 Å². The molecule has 5 heteroatoms. The summed E-state index contributed by atoms with van der Waals surface area (Å²) >= 11 is 3.24. The van der Waals surface area contributed by atoms with Gasteiger partial charge in [-0.05, 0) is 84.3 Å². The van der Waals surface area contributed by atoms with Crippen LogP contribution in [0.15, 0.2) is 45.5 Å². The lowest BCUT2D eigenvalue weighted by atomic mass is 9.90. The van der Waals surface area contributed by atoms with E-state index in [-0.39, 0.29) is 5.91 Å². The van der Waals surface area contributed by atoms with Crippen molar-refractivity contribution in [3.8, 4) is 5.75 Å². The molecule has 0 spiro atoms. The third kappa shape index (κ3) is 4.88. The average molecular weight is 406 g/mol. The summed E-state index contributed by atoms with van der Waals surface area (Å²) in [6.45, 7) is 4.32. The summed E-state index contributed by atoms with van der Waals surface area (Å²) < 4.78 is 11.5. The molecule has 1 fully saturated rings. The maximum absolute atomic E-state index is 12.4. The van der Waals surface area contributed by atoms with Crippen LogP contribution in [0.3, 0.4) is 0 Å². The Balaban J connectivity index is 1.44. The molecule has 1 aromatic carbocycles. The summed E-state index contributed by atoms with van der Waals surface area (Å²) in [7, 11) is 0. The van der Waals surface area contributed by atoms with Gasteiger partial charge >= 0.3 is 0 Å². The first kappa shape index (κ1) is 18.1. The van der Waals surface area contributed by atoms with Gasteiger partial charge in [-0.3, -0.25) is 4.79 Å². The van der Waals surface area contributed by atoms with Crippen molar-refractivity contribution in [1.82, 2.24) is 4.90 Å². The molecule has 0 N–H and O–H groups in total. The molecule has 0 bridgehead atoms. The number of likely N-dealkylation sites (tertiary alicyclic amines) is 1. The number of ether oxygens (including phenoxy) is 1. The zero-order chi connectivity index (χ0) is 17.6. The van der Waals surface area contributed by atoms with Crippen LogP contribution in [0.5, 0.6) is 5.75 Å². The van der Waals surface area contributed by atoms with E-state index in [2.05, 4.69) is 28.1 Å². The number of hydrogen-bond donors (Lipinski definition) is 0. The average Bonchev–Trinajstić information content (AvgIpc) is 3.08. The highest BCUT2D eigenvalue weighted by molar-refractivity contribution is 9.10. The van der Waals surface area contributed by atoms with E-state index in [4.69, 9.17) is 9.15 Å². The van der Waals surface area contributed by atoms with Gasteiger partial charge in [-0.1, -0.05) is 12.1 Å². The van der Waals surface area contributed by atoms with Gasteiger partial charge in [-0.15, -0.1) is 0 Å². The second-order valence-corrected chi connectivity index (χ2v) is 7.24. The van der Waals surface area contributed by atoms with Crippen molar-refractivity contribution < 1.29 is 13.9 Å². The fourth-order valence-corrected chi connectivity index (χ4v) is 3.61. The molecule has 1 aliphatic heterocycles. The van der Waals surface area contributed by atoms with E-state index < -0.39 is 0 Å². The third-order valence-electron chi connectivity index (χ3n) is 4.76. The van der Waals surface area contributed by atoms with Crippen molar-refractivity contribution in [2.75, 3.05) is 19.7 Å². The van der Waals surface area contributed by atoms with Crippen molar-refractivity contribution in [1.29, 1.82) is 0 Å². The number of carbonyl (C=O) groups excluding carboxylic acids is 1. The largest absolute Gasteiger partial charge is 0.494 e. The lowest BCUT2D eigenvalue weighted by Gasteiger charge is -2.31. The molecule has 134 valence electrons. The quantitative estimate of drug-likeness (QED) is 0.684. The number of piperidine rings is 1. The second kappa shape index (κ2) is 8.56. The molecule has 0 atom stereocenters. The summed E-state index contributed by atoms with van der Waals surface area (Å²) in [6, 6.07) is 11.9. The normalized spacial score (nSPS) is 15.4. The maximum atomic E-state index is 12.4. The molecular weight excluding hydrogens is 382 g/mol. The predicted octanol–water partition coefficient (Wildman–Crippen LogP) is 4.93. The molecule has 1 aromatic heterocycles. The van der Waals surface area contributed by atoms with E-state index in [0.29, 0.717) is 23.0 Å². The van der Waals surface area contributed by atoms with Gasteiger partial charge < -0.3 is 14.1 Å². The Morgan fingerprint density at radius 1 is 1.20 bits per heavy atom. The summed E-state index contributed by atoms with van der Waals surface area (Å²) in [6.07, 6.45) is 4.37. The fraction of sp³-hybridized carbons (Fsp3) is 0.450.